The molecule has 116 valence electrons. The molecule has 0 saturated heterocycles. The van der Waals surface area contributed by atoms with E-state index in [0.717, 1.165) is 19.3 Å². The van der Waals surface area contributed by atoms with E-state index < -0.39 is 0 Å². The van der Waals surface area contributed by atoms with Gasteiger partial charge in [-0.2, -0.15) is 0 Å². The van der Waals surface area contributed by atoms with Crippen LogP contribution in [-0.4, -0.2) is 48.8 Å². The third kappa shape index (κ3) is 3.47. The number of carbonyl (C=O) groups excluding carboxylic acids is 1. The van der Waals surface area contributed by atoms with Crippen molar-refractivity contribution in [1.82, 2.24) is 4.90 Å². The Bertz CT molecular complexity index is 485. The molecule has 0 aliphatic heterocycles. The first-order valence-electron chi connectivity index (χ1n) is 7.44. The molecule has 5 heteroatoms. The van der Waals surface area contributed by atoms with E-state index in [9.17, 15) is 9.90 Å². The maximum atomic E-state index is 12.6. The number of hydrogen-bond donors (Lipinski definition) is 1. The van der Waals surface area contributed by atoms with Crippen molar-refractivity contribution < 1.29 is 19.4 Å². The van der Waals surface area contributed by atoms with Crippen molar-refractivity contribution in [3.63, 3.8) is 0 Å². The minimum absolute atomic E-state index is 0.0175. The molecule has 1 aromatic carbocycles. The van der Waals surface area contributed by atoms with Gasteiger partial charge in [0.1, 0.15) is 0 Å². The lowest BCUT2D eigenvalue weighted by Crippen LogP contribution is -2.45. The molecule has 0 atom stereocenters. The minimum atomic E-state index is -0.0601. The van der Waals surface area contributed by atoms with E-state index in [0.29, 0.717) is 30.2 Å². The third-order valence-electron chi connectivity index (χ3n) is 3.83. The molecule has 1 N–H and O–H groups in total. The summed E-state index contributed by atoms with van der Waals surface area (Å²) in [6.45, 7) is 2.80. The molecule has 0 heterocycles. The van der Waals surface area contributed by atoms with Crippen LogP contribution in [0.25, 0.3) is 0 Å². The molecule has 0 bridgehead atoms. The summed E-state index contributed by atoms with van der Waals surface area (Å²) in [7, 11) is 1.56. The zero-order valence-corrected chi connectivity index (χ0v) is 12.7. The van der Waals surface area contributed by atoms with E-state index in [2.05, 4.69) is 0 Å². The van der Waals surface area contributed by atoms with Gasteiger partial charge in [-0.05, 0) is 44.4 Å². The van der Waals surface area contributed by atoms with Crippen molar-refractivity contribution in [3.05, 3.63) is 23.8 Å². The van der Waals surface area contributed by atoms with E-state index in [1.807, 2.05) is 6.92 Å². The molecule has 0 spiro atoms. The van der Waals surface area contributed by atoms with Crippen LogP contribution in [0.5, 0.6) is 11.5 Å². The highest BCUT2D eigenvalue weighted by Gasteiger charge is 2.29. The maximum Gasteiger partial charge on any atom is 0.254 e. The Balaban J connectivity index is 2.20. The molecule has 1 aromatic rings. The molecule has 5 nitrogen and oxygen atoms in total. The van der Waals surface area contributed by atoms with Crippen LogP contribution in [0.3, 0.4) is 0 Å². The van der Waals surface area contributed by atoms with Crippen LogP contribution in [0, 0.1) is 0 Å². The second-order valence-corrected chi connectivity index (χ2v) is 5.11. The van der Waals surface area contributed by atoms with E-state index in [-0.39, 0.29) is 18.6 Å². The summed E-state index contributed by atoms with van der Waals surface area (Å²) in [6, 6.07) is 5.46. The number of ether oxygens (including phenoxy) is 2. The fraction of sp³-hybridized carbons (Fsp3) is 0.562. The smallest absolute Gasteiger partial charge is 0.254 e. The van der Waals surface area contributed by atoms with E-state index in [4.69, 9.17) is 9.47 Å². The van der Waals surface area contributed by atoms with E-state index in [1.54, 1.807) is 30.2 Å². The monoisotopic (exact) mass is 293 g/mol. The molecule has 1 aliphatic carbocycles. The van der Waals surface area contributed by atoms with Gasteiger partial charge in [-0.3, -0.25) is 4.79 Å². The lowest BCUT2D eigenvalue weighted by Gasteiger charge is -2.37. The van der Waals surface area contributed by atoms with E-state index in [1.165, 1.54) is 0 Å². The number of benzene rings is 1. The number of aliphatic hydroxyl groups excluding tert-OH is 1. The van der Waals surface area contributed by atoms with Gasteiger partial charge in [0.15, 0.2) is 11.5 Å². The predicted octanol–water partition coefficient (Wildman–Crippen LogP) is 2.08. The molecule has 2 rings (SSSR count). The van der Waals surface area contributed by atoms with Gasteiger partial charge in [-0.15, -0.1) is 0 Å². The van der Waals surface area contributed by atoms with Gasteiger partial charge in [0.2, 0.25) is 0 Å². The summed E-state index contributed by atoms with van der Waals surface area (Å²) in [5, 5.41) is 9.18. The van der Waals surface area contributed by atoms with Crippen LogP contribution in [-0.2, 0) is 0 Å². The van der Waals surface area contributed by atoms with Crippen molar-refractivity contribution in [3.8, 4) is 11.5 Å². The Labute approximate surface area is 125 Å². The lowest BCUT2D eigenvalue weighted by atomic mass is 9.91. The van der Waals surface area contributed by atoms with Gasteiger partial charge >= 0.3 is 0 Å². The summed E-state index contributed by atoms with van der Waals surface area (Å²) in [5.41, 5.74) is 0.565. The zero-order chi connectivity index (χ0) is 15.2. The van der Waals surface area contributed by atoms with Gasteiger partial charge in [-0.1, -0.05) is 0 Å². The maximum absolute atomic E-state index is 12.6. The van der Waals surface area contributed by atoms with Gasteiger partial charge in [-0.25, -0.2) is 0 Å². The van der Waals surface area contributed by atoms with Crippen LogP contribution in [0.15, 0.2) is 18.2 Å². The average molecular weight is 293 g/mol. The zero-order valence-electron chi connectivity index (χ0n) is 12.7. The number of amides is 1. The first-order chi connectivity index (χ1) is 10.2. The summed E-state index contributed by atoms with van der Waals surface area (Å²) in [4.78, 5) is 14.4. The fourth-order valence-electron chi connectivity index (χ4n) is 2.50. The number of nitrogens with zero attached hydrogens (tertiary/aromatic N) is 1. The van der Waals surface area contributed by atoms with Crippen LogP contribution in [0.1, 0.15) is 36.5 Å². The predicted molar refractivity (Wildman–Crippen MR) is 79.9 cm³/mol. The van der Waals surface area contributed by atoms with Gasteiger partial charge in [0.25, 0.3) is 5.91 Å². The minimum Gasteiger partial charge on any atom is -0.493 e. The number of methoxy groups -OCH3 is 1. The number of carbonyl (C=O) groups is 1. The highest BCUT2D eigenvalue weighted by Crippen LogP contribution is 2.30. The quantitative estimate of drug-likeness (QED) is 0.836. The first kappa shape index (κ1) is 15.6. The molecule has 0 radical (unpaired) electrons. The second kappa shape index (κ2) is 7.31. The Hall–Kier alpha value is -1.75. The third-order valence-corrected chi connectivity index (χ3v) is 3.83. The molecular weight excluding hydrogens is 270 g/mol. The highest BCUT2D eigenvalue weighted by molar-refractivity contribution is 5.95. The standard InChI is InChI=1S/C16H23NO4/c1-3-21-14-8-7-12(11-15(14)20-2)16(19)17(9-10-18)13-5-4-6-13/h7-8,11,13,18H,3-6,9-10H2,1-2H3. The van der Waals surface area contributed by atoms with Crippen molar-refractivity contribution in [1.29, 1.82) is 0 Å². The molecule has 1 amide bonds. The summed E-state index contributed by atoms with van der Waals surface area (Å²) in [5.74, 6) is 1.13. The normalized spacial score (nSPS) is 14.4. The van der Waals surface area contributed by atoms with Crippen LogP contribution in [0.2, 0.25) is 0 Å². The largest absolute Gasteiger partial charge is 0.493 e. The molecular formula is C16H23NO4. The molecule has 0 unspecified atom stereocenters. The highest BCUT2D eigenvalue weighted by atomic mass is 16.5. The fourth-order valence-corrected chi connectivity index (χ4v) is 2.50. The molecule has 21 heavy (non-hydrogen) atoms. The number of rotatable bonds is 7. The Morgan fingerprint density at radius 3 is 2.67 bits per heavy atom. The van der Waals surface area contributed by atoms with E-state index >= 15 is 0 Å². The topological polar surface area (TPSA) is 59.0 Å². The van der Waals surface area contributed by atoms with Crippen molar-refractivity contribution in [2.45, 2.75) is 32.2 Å². The summed E-state index contributed by atoms with van der Waals surface area (Å²) >= 11 is 0. The number of aliphatic hydroxyl groups is 1. The van der Waals surface area contributed by atoms with Gasteiger partial charge in [0, 0.05) is 18.2 Å². The molecule has 1 saturated carbocycles. The number of hydrogen-bond acceptors (Lipinski definition) is 4. The van der Waals surface area contributed by atoms with Crippen LogP contribution in [0.4, 0.5) is 0 Å². The van der Waals surface area contributed by atoms with Gasteiger partial charge < -0.3 is 19.5 Å². The molecule has 0 aromatic heterocycles. The second-order valence-electron chi connectivity index (χ2n) is 5.11. The summed E-state index contributed by atoms with van der Waals surface area (Å²) in [6.07, 6.45) is 3.17. The van der Waals surface area contributed by atoms with Crippen molar-refractivity contribution >= 4 is 5.91 Å². The average Bonchev–Trinajstić information content (AvgIpc) is 2.45. The van der Waals surface area contributed by atoms with Crippen molar-refractivity contribution in [2.75, 3.05) is 26.9 Å². The molecule has 1 aliphatic rings. The Morgan fingerprint density at radius 2 is 2.14 bits per heavy atom. The van der Waals surface area contributed by atoms with Crippen LogP contribution < -0.4 is 9.47 Å². The lowest BCUT2D eigenvalue weighted by molar-refractivity contribution is 0.0525. The Morgan fingerprint density at radius 1 is 1.38 bits per heavy atom. The SMILES string of the molecule is CCOc1ccc(C(=O)N(CCO)C2CCC2)cc1OC. The van der Waals surface area contributed by atoms with Crippen LogP contribution >= 0.6 is 0 Å². The van der Waals surface area contributed by atoms with Crippen molar-refractivity contribution in [2.24, 2.45) is 0 Å². The van der Waals surface area contributed by atoms with Gasteiger partial charge in [0.05, 0.1) is 20.3 Å². The first-order valence-corrected chi connectivity index (χ1v) is 7.44. The molecule has 1 fully saturated rings. The Kier molecular flexibility index (Phi) is 5.44. The summed E-state index contributed by atoms with van der Waals surface area (Å²) < 4.78 is 10.7.